The predicted octanol–water partition coefficient (Wildman–Crippen LogP) is 2.17. The number of rotatable bonds is 6. The van der Waals surface area contributed by atoms with Crippen molar-refractivity contribution >= 4 is 22.5 Å². The molecular formula is C15H18N2O3. The zero-order chi connectivity index (χ0) is 14.7. The number of hydrogen-bond donors (Lipinski definition) is 2. The number of carbonyl (C=O) groups is 2. The van der Waals surface area contributed by atoms with Gasteiger partial charge in [0.05, 0.1) is 11.3 Å². The van der Waals surface area contributed by atoms with Gasteiger partial charge in [-0.1, -0.05) is 0 Å². The summed E-state index contributed by atoms with van der Waals surface area (Å²) in [5, 5.41) is 3.82. The van der Waals surface area contributed by atoms with Crippen molar-refractivity contribution in [2.24, 2.45) is 0 Å². The lowest BCUT2D eigenvalue weighted by Crippen LogP contribution is -2.16. The van der Waals surface area contributed by atoms with Crippen LogP contribution in [0.2, 0.25) is 0 Å². The number of ketones is 2. The Kier molecular flexibility index (Phi) is 4.20. The van der Waals surface area contributed by atoms with Crippen molar-refractivity contribution in [1.82, 2.24) is 10.3 Å². The molecule has 1 aromatic heterocycles. The van der Waals surface area contributed by atoms with Crippen LogP contribution in [0.15, 0.2) is 18.2 Å². The fourth-order valence-corrected chi connectivity index (χ4v) is 2.01. The van der Waals surface area contributed by atoms with Crippen LogP contribution in [0, 0.1) is 0 Å². The Hall–Kier alpha value is -2.14. The Morgan fingerprint density at radius 3 is 2.55 bits per heavy atom. The number of benzene rings is 1. The van der Waals surface area contributed by atoms with Crippen LogP contribution in [0.25, 0.3) is 10.9 Å². The van der Waals surface area contributed by atoms with Gasteiger partial charge in [0.25, 0.3) is 0 Å². The van der Waals surface area contributed by atoms with E-state index in [0.29, 0.717) is 30.2 Å². The van der Waals surface area contributed by atoms with Crippen LogP contribution in [0.3, 0.4) is 0 Å². The highest BCUT2D eigenvalue weighted by Crippen LogP contribution is 2.27. The van der Waals surface area contributed by atoms with Crippen LogP contribution in [0.5, 0.6) is 5.75 Å². The van der Waals surface area contributed by atoms with Gasteiger partial charge in [-0.15, -0.1) is 0 Å². The van der Waals surface area contributed by atoms with E-state index in [1.807, 2.05) is 7.05 Å². The normalized spacial score (nSPS) is 10.8. The summed E-state index contributed by atoms with van der Waals surface area (Å²) in [6.07, 6.45) is 0. The maximum atomic E-state index is 11.7. The molecule has 0 aliphatic rings. The Morgan fingerprint density at radius 2 is 1.95 bits per heavy atom. The molecule has 0 amide bonds. The molecule has 1 heterocycles. The molecule has 106 valence electrons. The molecule has 0 bridgehead atoms. The number of hydrogen-bond acceptors (Lipinski definition) is 4. The smallest absolute Gasteiger partial charge is 0.175 e. The van der Waals surface area contributed by atoms with E-state index >= 15 is 0 Å². The largest absolute Gasteiger partial charge is 0.491 e. The van der Waals surface area contributed by atoms with Crippen LogP contribution in [-0.2, 0) is 0 Å². The van der Waals surface area contributed by atoms with Gasteiger partial charge >= 0.3 is 0 Å². The van der Waals surface area contributed by atoms with Crippen LogP contribution in [0.1, 0.15) is 34.7 Å². The lowest BCUT2D eigenvalue weighted by atomic mass is 10.1. The minimum atomic E-state index is -0.0584. The lowest BCUT2D eigenvalue weighted by Gasteiger charge is -2.10. The fourth-order valence-electron chi connectivity index (χ4n) is 2.01. The highest BCUT2D eigenvalue weighted by Gasteiger charge is 2.13. The number of Topliss-reactive ketones (excluding diaryl/α,β-unsaturated/α-hetero) is 2. The standard InChI is InChI=1S/C15H18N2O3/c1-9(18)12-6-11-7-13(10(2)19)17-14(11)8-15(12)20-5-4-16-3/h6-8,16-17H,4-5H2,1-3H3. The van der Waals surface area contributed by atoms with E-state index in [0.717, 1.165) is 10.9 Å². The highest BCUT2D eigenvalue weighted by molar-refractivity contribution is 6.03. The van der Waals surface area contributed by atoms with Crippen molar-refractivity contribution in [2.75, 3.05) is 20.2 Å². The number of fused-ring (bicyclic) bond motifs is 1. The first-order valence-electron chi connectivity index (χ1n) is 6.49. The summed E-state index contributed by atoms with van der Waals surface area (Å²) in [7, 11) is 1.84. The fraction of sp³-hybridized carbons (Fsp3) is 0.333. The average Bonchev–Trinajstić information content (AvgIpc) is 2.81. The predicted molar refractivity (Wildman–Crippen MR) is 77.7 cm³/mol. The number of aromatic amines is 1. The van der Waals surface area contributed by atoms with Crippen LogP contribution >= 0.6 is 0 Å². The highest BCUT2D eigenvalue weighted by atomic mass is 16.5. The van der Waals surface area contributed by atoms with Gasteiger partial charge < -0.3 is 15.0 Å². The topological polar surface area (TPSA) is 71.2 Å². The number of nitrogens with one attached hydrogen (secondary N) is 2. The molecule has 1 aromatic carbocycles. The molecule has 0 fully saturated rings. The Balaban J connectivity index is 2.45. The van der Waals surface area contributed by atoms with Crippen molar-refractivity contribution in [3.63, 3.8) is 0 Å². The molecule has 0 aliphatic carbocycles. The summed E-state index contributed by atoms with van der Waals surface area (Å²) < 4.78 is 5.63. The van der Waals surface area contributed by atoms with Crippen molar-refractivity contribution in [2.45, 2.75) is 13.8 Å². The minimum Gasteiger partial charge on any atom is -0.491 e. The Labute approximate surface area is 117 Å². The van der Waals surface area contributed by atoms with E-state index in [1.165, 1.54) is 13.8 Å². The molecule has 5 nitrogen and oxygen atoms in total. The molecule has 2 aromatic rings. The first-order chi connectivity index (χ1) is 9.52. The van der Waals surface area contributed by atoms with E-state index < -0.39 is 0 Å². The summed E-state index contributed by atoms with van der Waals surface area (Å²) in [6, 6.07) is 5.28. The van der Waals surface area contributed by atoms with E-state index in [2.05, 4.69) is 10.3 Å². The van der Waals surface area contributed by atoms with Gasteiger partial charge in [-0.05, 0) is 26.1 Å². The minimum absolute atomic E-state index is 0.0387. The molecule has 0 unspecified atom stereocenters. The molecule has 2 N–H and O–H groups in total. The first kappa shape index (κ1) is 14.3. The van der Waals surface area contributed by atoms with Crippen LogP contribution < -0.4 is 10.1 Å². The van der Waals surface area contributed by atoms with Crippen molar-refractivity contribution in [3.8, 4) is 5.75 Å². The van der Waals surface area contributed by atoms with Crippen LogP contribution in [0.4, 0.5) is 0 Å². The zero-order valence-electron chi connectivity index (χ0n) is 11.9. The van der Waals surface area contributed by atoms with E-state index in [4.69, 9.17) is 4.74 Å². The summed E-state index contributed by atoms with van der Waals surface area (Å²) in [6.45, 7) is 4.17. The molecule has 0 atom stereocenters. The Morgan fingerprint density at radius 1 is 1.20 bits per heavy atom. The van der Waals surface area contributed by atoms with Gasteiger partial charge in [-0.3, -0.25) is 9.59 Å². The molecule has 0 saturated heterocycles. The number of carbonyl (C=O) groups excluding carboxylic acids is 2. The molecule has 2 rings (SSSR count). The molecule has 5 heteroatoms. The van der Waals surface area contributed by atoms with Crippen molar-refractivity contribution < 1.29 is 14.3 Å². The van der Waals surface area contributed by atoms with E-state index in [-0.39, 0.29) is 11.6 Å². The molecule has 0 spiro atoms. The zero-order valence-corrected chi connectivity index (χ0v) is 11.9. The maximum Gasteiger partial charge on any atom is 0.175 e. The van der Waals surface area contributed by atoms with Crippen LogP contribution in [-0.4, -0.2) is 36.7 Å². The third-order valence-corrected chi connectivity index (χ3v) is 3.09. The molecular weight excluding hydrogens is 256 g/mol. The summed E-state index contributed by atoms with van der Waals surface area (Å²) in [4.78, 5) is 26.1. The van der Waals surface area contributed by atoms with Gasteiger partial charge in [0, 0.05) is 30.4 Å². The van der Waals surface area contributed by atoms with E-state index in [1.54, 1.807) is 18.2 Å². The van der Waals surface area contributed by atoms with Gasteiger partial charge in [-0.2, -0.15) is 0 Å². The average molecular weight is 274 g/mol. The second-order valence-electron chi connectivity index (χ2n) is 4.68. The SMILES string of the molecule is CNCCOc1cc2[nH]c(C(C)=O)cc2cc1C(C)=O. The first-order valence-corrected chi connectivity index (χ1v) is 6.49. The van der Waals surface area contributed by atoms with Gasteiger partial charge in [0.1, 0.15) is 12.4 Å². The van der Waals surface area contributed by atoms with Gasteiger partial charge in [0.15, 0.2) is 11.6 Å². The third kappa shape index (κ3) is 2.88. The van der Waals surface area contributed by atoms with Gasteiger partial charge in [0.2, 0.25) is 0 Å². The number of ether oxygens (including phenoxy) is 1. The maximum absolute atomic E-state index is 11.7. The number of H-pyrrole nitrogens is 1. The molecule has 0 radical (unpaired) electrons. The number of likely N-dealkylation sites (N-methyl/N-ethyl adjacent to an activating group) is 1. The second-order valence-corrected chi connectivity index (χ2v) is 4.68. The Bertz CT molecular complexity index is 658. The summed E-state index contributed by atoms with van der Waals surface area (Å²) in [5.41, 5.74) is 1.85. The molecule has 0 saturated carbocycles. The molecule has 20 heavy (non-hydrogen) atoms. The monoisotopic (exact) mass is 274 g/mol. The second kappa shape index (κ2) is 5.88. The van der Waals surface area contributed by atoms with Crippen molar-refractivity contribution in [3.05, 3.63) is 29.5 Å². The molecule has 0 aliphatic heterocycles. The summed E-state index contributed by atoms with van der Waals surface area (Å²) in [5.74, 6) is 0.442. The van der Waals surface area contributed by atoms with E-state index in [9.17, 15) is 9.59 Å². The number of aromatic nitrogens is 1. The summed E-state index contributed by atoms with van der Waals surface area (Å²) >= 11 is 0. The quantitative estimate of drug-likeness (QED) is 0.625. The van der Waals surface area contributed by atoms with Gasteiger partial charge in [-0.25, -0.2) is 0 Å². The third-order valence-electron chi connectivity index (χ3n) is 3.09. The van der Waals surface area contributed by atoms with Crippen molar-refractivity contribution in [1.29, 1.82) is 0 Å². The lowest BCUT2D eigenvalue weighted by molar-refractivity contribution is 0.100.